The molecule has 0 heterocycles. The fourth-order valence-corrected chi connectivity index (χ4v) is 1.72. The molecule has 0 atom stereocenters. The first-order valence-electron chi connectivity index (χ1n) is 6.25. The van der Waals surface area contributed by atoms with Crippen molar-refractivity contribution in [2.45, 2.75) is 13.3 Å². The van der Waals surface area contributed by atoms with Gasteiger partial charge < -0.3 is 15.2 Å². The van der Waals surface area contributed by atoms with Crippen LogP contribution in [0.5, 0.6) is 17.2 Å². The fraction of sp³-hybridized carbons (Fsp3) is 0.200. The summed E-state index contributed by atoms with van der Waals surface area (Å²) in [5.41, 5.74) is 5.96. The number of hydrogen-bond acceptors (Lipinski definition) is 3. The molecule has 0 saturated heterocycles. The van der Waals surface area contributed by atoms with E-state index in [0.717, 1.165) is 6.42 Å². The van der Waals surface area contributed by atoms with E-state index in [0.29, 0.717) is 23.1 Å². The smallest absolute Gasteiger partial charge is 0.167 e. The molecule has 0 radical (unpaired) electrons. The van der Waals surface area contributed by atoms with Gasteiger partial charge in [0.25, 0.3) is 0 Å². The van der Waals surface area contributed by atoms with Gasteiger partial charge in [-0.1, -0.05) is 18.5 Å². The van der Waals surface area contributed by atoms with Crippen molar-refractivity contribution in [3.63, 3.8) is 0 Å². The number of nitrogen functional groups attached to an aromatic ring is 1. The van der Waals surface area contributed by atoms with Crippen LogP contribution < -0.4 is 15.2 Å². The van der Waals surface area contributed by atoms with Gasteiger partial charge in [-0.3, -0.25) is 0 Å². The normalized spacial score (nSPS) is 10.3. The largest absolute Gasteiger partial charge is 0.490 e. The summed E-state index contributed by atoms with van der Waals surface area (Å²) in [6, 6.07) is 9.46. The molecule has 106 valence electrons. The average molecular weight is 296 g/mol. The summed E-state index contributed by atoms with van der Waals surface area (Å²) in [5.74, 6) is 0.540. The molecule has 0 amide bonds. The first kappa shape index (κ1) is 14.5. The average Bonchev–Trinajstić information content (AvgIpc) is 2.43. The van der Waals surface area contributed by atoms with E-state index in [9.17, 15) is 4.39 Å². The van der Waals surface area contributed by atoms with Crippen LogP contribution in [0.25, 0.3) is 0 Å². The molecule has 0 bridgehead atoms. The molecule has 0 aliphatic heterocycles. The Hall–Kier alpha value is -1.94. The number of rotatable bonds is 5. The van der Waals surface area contributed by atoms with E-state index < -0.39 is 5.82 Å². The van der Waals surface area contributed by atoms with E-state index in [1.165, 1.54) is 12.1 Å². The molecule has 0 unspecified atom stereocenters. The van der Waals surface area contributed by atoms with Gasteiger partial charge in [-0.15, -0.1) is 0 Å². The van der Waals surface area contributed by atoms with Crippen molar-refractivity contribution in [1.82, 2.24) is 0 Å². The molecule has 2 aromatic carbocycles. The van der Waals surface area contributed by atoms with Gasteiger partial charge in [-0.05, 0) is 30.7 Å². The molecule has 0 aromatic heterocycles. The Morgan fingerprint density at radius 3 is 2.50 bits per heavy atom. The van der Waals surface area contributed by atoms with Crippen molar-refractivity contribution in [1.29, 1.82) is 0 Å². The predicted molar refractivity (Wildman–Crippen MR) is 78.1 cm³/mol. The highest BCUT2D eigenvalue weighted by molar-refractivity contribution is 6.30. The first-order valence-corrected chi connectivity index (χ1v) is 6.63. The number of halogens is 2. The lowest BCUT2D eigenvalue weighted by Gasteiger charge is -2.12. The predicted octanol–water partition coefficient (Wildman–Crippen LogP) is 4.64. The summed E-state index contributed by atoms with van der Waals surface area (Å²) in [4.78, 5) is 0. The molecule has 5 heteroatoms. The van der Waals surface area contributed by atoms with E-state index in [-0.39, 0.29) is 11.4 Å². The van der Waals surface area contributed by atoms with Crippen LogP contribution in [0.1, 0.15) is 13.3 Å². The first-order chi connectivity index (χ1) is 9.60. The van der Waals surface area contributed by atoms with E-state index in [1.807, 2.05) is 6.92 Å². The maximum atomic E-state index is 13.7. The van der Waals surface area contributed by atoms with Crippen LogP contribution in [0, 0.1) is 5.82 Å². The van der Waals surface area contributed by atoms with Gasteiger partial charge in [0.1, 0.15) is 5.75 Å². The van der Waals surface area contributed by atoms with Gasteiger partial charge in [-0.25, -0.2) is 4.39 Å². The van der Waals surface area contributed by atoms with Gasteiger partial charge in [0, 0.05) is 17.2 Å². The van der Waals surface area contributed by atoms with E-state index in [4.69, 9.17) is 26.8 Å². The second kappa shape index (κ2) is 6.48. The summed E-state index contributed by atoms with van der Waals surface area (Å²) >= 11 is 5.80. The quantitative estimate of drug-likeness (QED) is 0.817. The molecule has 20 heavy (non-hydrogen) atoms. The zero-order valence-corrected chi connectivity index (χ0v) is 11.8. The summed E-state index contributed by atoms with van der Waals surface area (Å²) in [6.45, 7) is 2.38. The lowest BCUT2D eigenvalue weighted by Crippen LogP contribution is -2.00. The third-order valence-corrected chi connectivity index (χ3v) is 2.82. The second-order valence-corrected chi connectivity index (χ2v) is 4.66. The van der Waals surface area contributed by atoms with Crippen LogP contribution >= 0.6 is 11.6 Å². The van der Waals surface area contributed by atoms with Crippen molar-refractivity contribution in [2.24, 2.45) is 0 Å². The van der Waals surface area contributed by atoms with E-state index in [2.05, 4.69) is 0 Å². The molecule has 0 spiro atoms. The summed E-state index contributed by atoms with van der Waals surface area (Å²) in [7, 11) is 0. The third-order valence-electron chi connectivity index (χ3n) is 2.57. The van der Waals surface area contributed by atoms with E-state index in [1.54, 1.807) is 24.3 Å². The Morgan fingerprint density at radius 2 is 1.85 bits per heavy atom. The Morgan fingerprint density at radius 1 is 1.15 bits per heavy atom. The van der Waals surface area contributed by atoms with Gasteiger partial charge in [0.15, 0.2) is 17.3 Å². The van der Waals surface area contributed by atoms with Crippen molar-refractivity contribution >= 4 is 17.3 Å². The molecule has 3 nitrogen and oxygen atoms in total. The van der Waals surface area contributed by atoms with Crippen molar-refractivity contribution in [3.8, 4) is 17.2 Å². The van der Waals surface area contributed by atoms with Crippen LogP contribution in [-0.4, -0.2) is 6.61 Å². The highest BCUT2D eigenvalue weighted by Gasteiger charge is 2.11. The summed E-state index contributed by atoms with van der Waals surface area (Å²) in [6.07, 6.45) is 0.789. The van der Waals surface area contributed by atoms with Crippen LogP contribution in [0.2, 0.25) is 5.02 Å². The fourth-order valence-electron chi connectivity index (χ4n) is 1.59. The maximum absolute atomic E-state index is 13.7. The molecular weight excluding hydrogens is 281 g/mol. The number of hydrogen-bond donors (Lipinski definition) is 1. The minimum absolute atomic E-state index is 0.130. The van der Waals surface area contributed by atoms with Crippen LogP contribution in [-0.2, 0) is 0 Å². The molecule has 0 saturated carbocycles. The van der Waals surface area contributed by atoms with Crippen molar-refractivity contribution in [2.75, 3.05) is 12.3 Å². The van der Waals surface area contributed by atoms with Crippen LogP contribution in [0.4, 0.5) is 10.1 Å². The maximum Gasteiger partial charge on any atom is 0.167 e. The van der Waals surface area contributed by atoms with Gasteiger partial charge >= 0.3 is 0 Å². The third kappa shape index (κ3) is 3.54. The van der Waals surface area contributed by atoms with Crippen molar-refractivity contribution in [3.05, 3.63) is 47.2 Å². The zero-order valence-electron chi connectivity index (χ0n) is 11.0. The van der Waals surface area contributed by atoms with Crippen LogP contribution in [0.15, 0.2) is 36.4 Å². The van der Waals surface area contributed by atoms with Gasteiger partial charge in [0.2, 0.25) is 0 Å². The van der Waals surface area contributed by atoms with Crippen molar-refractivity contribution < 1.29 is 13.9 Å². The number of nitrogens with two attached hydrogens (primary N) is 1. The highest BCUT2D eigenvalue weighted by atomic mass is 35.5. The molecule has 0 aliphatic carbocycles. The second-order valence-electron chi connectivity index (χ2n) is 4.22. The van der Waals surface area contributed by atoms with Gasteiger partial charge in [-0.2, -0.15) is 0 Å². The standard InChI is InChI=1S/C15H15ClFNO2/c1-2-7-19-14-9-15(13(18)8-12(14)17)20-11-5-3-10(16)4-6-11/h3-6,8-9H,2,7,18H2,1H3. The lowest BCUT2D eigenvalue weighted by atomic mass is 10.2. The molecule has 0 fully saturated rings. The monoisotopic (exact) mass is 295 g/mol. The minimum atomic E-state index is -0.501. The zero-order chi connectivity index (χ0) is 14.5. The summed E-state index contributed by atoms with van der Waals surface area (Å²) < 4.78 is 24.6. The number of anilines is 1. The SMILES string of the molecule is CCCOc1cc(Oc2ccc(Cl)cc2)c(N)cc1F. The van der Waals surface area contributed by atoms with E-state index >= 15 is 0 Å². The molecule has 0 aliphatic rings. The molecular formula is C15H15ClFNO2. The minimum Gasteiger partial charge on any atom is -0.490 e. The Balaban J connectivity index is 2.24. The topological polar surface area (TPSA) is 44.5 Å². The number of benzene rings is 2. The Kier molecular flexibility index (Phi) is 4.69. The highest BCUT2D eigenvalue weighted by Crippen LogP contribution is 2.33. The summed E-state index contributed by atoms with van der Waals surface area (Å²) in [5, 5.41) is 0.608. The number of ether oxygens (including phenoxy) is 2. The molecule has 2 aromatic rings. The molecule has 2 rings (SSSR count). The van der Waals surface area contributed by atoms with Crippen LogP contribution in [0.3, 0.4) is 0 Å². The Labute approximate surface area is 122 Å². The van der Waals surface area contributed by atoms with Gasteiger partial charge in [0.05, 0.1) is 12.3 Å². The molecule has 2 N–H and O–H groups in total. The Bertz CT molecular complexity index is 587. The lowest BCUT2D eigenvalue weighted by molar-refractivity contribution is 0.300.